The van der Waals surface area contributed by atoms with E-state index in [0.717, 1.165) is 30.3 Å². The van der Waals surface area contributed by atoms with Crippen LogP contribution in [-0.2, 0) is 6.42 Å². The van der Waals surface area contributed by atoms with E-state index in [1.165, 1.54) is 0 Å². The van der Waals surface area contributed by atoms with E-state index in [9.17, 15) is 0 Å². The van der Waals surface area contributed by atoms with Crippen LogP contribution in [0.5, 0.6) is 5.19 Å². The minimum absolute atomic E-state index is 0.684. The second-order valence-corrected chi connectivity index (χ2v) is 3.25. The molecule has 1 rings (SSSR count). The fourth-order valence-corrected chi connectivity index (χ4v) is 1.64. The zero-order valence-corrected chi connectivity index (χ0v) is 8.06. The van der Waals surface area contributed by atoms with E-state index in [1.807, 2.05) is 12.3 Å². The Morgan fingerprint density at radius 3 is 3.17 bits per heavy atom. The molecule has 0 fully saturated rings. The zero-order valence-electron chi connectivity index (χ0n) is 7.25. The Morgan fingerprint density at radius 2 is 2.50 bits per heavy atom. The first-order valence-electron chi connectivity index (χ1n) is 4.14. The number of hydrogen-bond acceptors (Lipinski definition) is 4. The number of rotatable bonds is 5. The lowest BCUT2D eigenvalue weighted by Gasteiger charge is -1.94. The average Bonchev–Trinajstić information content (AvgIpc) is 2.50. The Bertz CT molecular complexity index is 225. The number of aromatic nitrogens is 1. The molecule has 0 spiro atoms. The van der Waals surface area contributed by atoms with E-state index in [4.69, 9.17) is 10.5 Å². The molecule has 4 heteroatoms. The van der Waals surface area contributed by atoms with Gasteiger partial charge in [-0.25, -0.2) is 4.98 Å². The second kappa shape index (κ2) is 5.11. The second-order valence-electron chi connectivity index (χ2n) is 2.43. The molecule has 3 nitrogen and oxygen atoms in total. The molecule has 0 aliphatic heterocycles. The largest absolute Gasteiger partial charge is 0.470 e. The molecule has 2 N–H and O–H groups in total. The smallest absolute Gasteiger partial charge is 0.273 e. The van der Waals surface area contributed by atoms with Crippen molar-refractivity contribution in [1.82, 2.24) is 4.98 Å². The molecule has 0 unspecified atom stereocenters. The molecular weight excluding hydrogens is 172 g/mol. The molecule has 0 amide bonds. The van der Waals surface area contributed by atoms with Gasteiger partial charge in [0.2, 0.25) is 0 Å². The topological polar surface area (TPSA) is 48.1 Å². The number of hydrogen-bond donors (Lipinski definition) is 1. The van der Waals surface area contributed by atoms with Gasteiger partial charge in [0, 0.05) is 5.38 Å². The Morgan fingerprint density at radius 1 is 1.67 bits per heavy atom. The van der Waals surface area contributed by atoms with Crippen molar-refractivity contribution < 1.29 is 4.74 Å². The number of ether oxygens (including phenoxy) is 1. The monoisotopic (exact) mass is 186 g/mol. The molecule has 0 aliphatic rings. The third kappa shape index (κ3) is 2.79. The van der Waals surface area contributed by atoms with Gasteiger partial charge in [-0.1, -0.05) is 11.3 Å². The Kier molecular flexibility index (Phi) is 4.04. The van der Waals surface area contributed by atoms with E-state index in [-0.39, 0.29) is 0 Å². The fourth-order valence-electron chi connectivity index (χ4n) is 0.876. The molecule has 0 saturated carbocycles. The van der Waals surface area contributed by atoms with E-state index in [1.54, 1.807) is 11.3 Å². The van der Waals surface area contributed by atoms with Gasteiger partial charge in [-0.3, -0.25) is 0 Å². The normalized spacial score (nSPS) is 10.2. The molecule has 1 aromatic heterocycles. The molecule has 12 heavy (non-hydrogen) atoms. The summed E-state index contributed by atoms with van der Waals surface area (Å²) in [6, 6.07) is 0. The van der Waals surface area contributed by atoms with Crippen LogP contribution in [-0.4, -0.2) is 18.1 Å². The lowest BCUT2D eigenvalue weighted by molar-refractivity contribution is 0.337. The van der Waals surface area contributed by atoms with Crippen LogP contribution in [0.2, 0.25) is 0 Å². The van der Waals surface area contributed by atoms with E-state index < -0.39 is 0 Å². The Labute approximate surface area is 76.6 Å². The maximum Gasteiger partial charge on any atom is 0.273 e. The Hall–Kier alpha value is -0.610. The number of nitrogens with zero attached hydrogens (tertiary/aromatic N) is 1. The number of thiazole rings is 1. The molecule has 0 radical (unpaired) electrons. The van der Waals surface area contributed by atoms with Crippen LogP contribution in [0.15, 0.2) is 5.38 Å². The van der Waals surface area contributed by atoms with Crippen LogP contribution in [0.1, 0.15) is 19.0 Å². The molecule has 0 aliphatic carbocycles. The molecule has 0 atom stereocenters. The van der Waals surface area contributed by atoms with Gasteiger partial charge in [0.05, 0.1) is 12.3 Å². The maximum absolute atomic E-state index is 5.39. The minimum Gasteiger partial charge on any atom is -0.470 e. The molecule has 0 saturated heterocycles. The lowest BCUT2D eigenvalue weighted by atomic mass is 10.2. The third-order valence-electron chi connectivity index (χ3n) is 1.44. The van der Waals surface area contributed by atoms with Crippen LogP contribution in [0, 0.1) is 0 Å². The van der Waals surface area contributed by atoms with Crippen molar-refractivity contribution in [2.45, 2.75) is 19.8 Å². The summed E-state index contributed by atoms with van der Waals surface area (Å²) >= 11 is 1.55. The van der Waals surface area contributed by atoms with Gasteiger partial charge in [-0.15, -0.1) is 0 Å². The molecular formula is C8H14N2OS. The summed E-state index contributed by atoms with van der Waals surface area (Å²) in [5.74, 6) is 0. The number of aryl methyl sites for hydroxylation is 1. The first-order chi connectivity index (χ1) is 5.86. The van der Waals surface area contributed by atoms with Gasteiger partial charge in [0.1, 0.15) is 0 Å². The summed E-state index contributed by atoms with van der Waals surface area (Å²) in [6.07, 6.45) is 1.95. The molecule has 1 aromatic rings. The summed E-state index contributed by atoms with van der Waals surface area (Å²) < 4.78 is 5.24. The molecule has 0 aromatic carbocycles. The highest BCUT2D eigenvalue weighted by atomic mass is 32.1. The number of nitrogens with two attached hydrogens (primary N) is 1. The summed E-state index contributed by atoms with van der Waals surface area (Å²) in [4.78, 5) is 4.28. The van der Waals surface area contributed by atoms with Crippen molar-refractivity contribution in [3.05, 3.63) is 11.1 Å². The van der Waals surface area contributed by atoms with E-state index >= 15 is 0 Å². The van der Waals surface area contributed by atoms with Crippen LogP contribution >= 0.6 is 11.3 Å². The molecule has 68 valence electrons. The zero-order chi connectivity index (χ0) is 8.81. The standard InChI is InChI=1S/C8H14N2OS/c1-2-11-8-10-7(6-12-8)4-3-5-9/h6H,2-5,9H2,1H3. The van der Waals surface area contributed by atoms with Gasteiger partial charge < -0.3 is 10.5 Å². The molecule has 0 bridgehead atoms. The quantitative estimate of drug-likeness (QED) is 0.756. The van der Waals surface area contributed by atoms with Crippen molar-refractivity contribution in [2.75, 3.05) is 13.2 Å². The van der Waals surface area contributed by atoms with Gasteiger partial charge in [-0.05, 0) is 26.3 Å². The Balaban J connectivity index is 2.41. The first kappa shape index (κ1) is 9.48. The van der Waals surface area contributed by atoms with Gasteiger partial charge in [0.15, 0.2) is 0 Å². The van der Waals surface area contributed by atoms with Crippen LogP contribution in [0.25, 0.3) is 0 Å². The van der Waals surface area contributed by atoms with Crippen molar-refractivity contribution >= 4 is 11.3 Å². The average molecular weight is 186 g/mol. The van der Waals surface area contributed by atoms with Crippen molar-refractivity contribution in [3.8, 4) is 5.19 Å². The van der Waals surface area contributed by atoms with Crippen molar-refractivity contribution in [2.24, 2.45) is 5.73 Å². The predicted octanol–water partition coefficient (Wildman–Crippen LogP) is 1.43. The van der Waals surface area contributed by atoms with Gasteiger partial charge in [-0.2, -0.15) is 0 Å². The third-order valence-corrected chi connectivity index (χ3v) is 2.24. The van der Waals surface area contributed by atoms with Crippen LogP contribution in [0.3, 0.4) is 0 Å². The van der Waals surface area contributed by atoms with Crippen LogP contribution in [0.4, 0.5) is 0 Å². The highest BCUT2D eigenvalue weighted by molar-refractivity contribution is 7.11. The summed E-state index contributed by atoms with van der Waals surface area (Å²) in [7, 11) is 0. The fraction of sp³-hybridized carbons (Fsp3) is 0.625. The SMILES string of the molecule is CCOc1nc(CCCN)cs1. The van der Waals surface area contributed by atoms with Gasteiger partial charge >= 0.3 is 0 Å². The first-order valence-corrected chi connectivity index (χ1v) is 5.02. The maximum atomic E-state index is 5.39. The minimum atomic E-state index is 0.684. The lowest BCUT2D eigenvalue weighted by Crippen LogP contribution is -2.00. The van der Waals surface area contributed by atoms with Crippen molar-refractivity contribution in [1.29, 1.82) is 0 Å². The highest BCUT2D eigenvalue weighted by Gasteiger charge is 2.00. The van der Waals surface area contributed by atoms with E-state index in [0.29, 0.717) is 6.61 Å². The van der Waals surface area contributed by atoms with Crippen LogP contribution < -0.4 is 10.5 Å². The van der Waals surface area contributed by atoms with E-state index in [2.05, 4.69) is 4.98 Å². The summed E-state index contributed by atoms with van der Waals surface area (Å²) in [6.45, 7) is 3.37. The highest BCUT2D eigenvalue weighted by Crippen LogP contribution is 2.18. The summed E-state index contributed by atoms with van der Waals surface area (Å²) in [5.41, 5.74) is 6.48. The summed E-state index contributed by atoms with van der Waals surface area (Å²) in [5, 5.41) is 2.80. The predicted molar refractivity (Wildman–Crippen MR) is 50.7 cm³/mol. The molecule has 1 heterocycles. The van der Waals surface area contributed by atoms with Crippen molar-refractivity contribution in [3.63, 3.8) is 0 Å². The van der Waals surface area contributed by atoms with Gasteiger partial charge in [0.25, 0.3) is 5.19 Å².